The maximum absolute atomic E-state index is 13.4. The van der Waals surface area contributed by atoms with Gasteiger partial charge >= 0.3 is 0 Å². The molecule has 0 radical (unpaired) electrons. The highest BCUT2D eigenvalue weighted by Crippen LogP contribution is 2.21. The maximum atomic E-state index is 13.4. The third kappa shape index (κ3) is 5.61. The standard InChI is InChI=1S/C24H25NO4S2/c26-24(25(16-21-9-5-13-29-21)17-22-10-6-14-30-22)20-8-4-7-19(15-20)18-31(27,28)23-11-2-1-3-12-23/h1-4,6-8,10-12,14-15,21H,5,9,13,16-18H2. The minimum atomic E-state index is -3.48. The molecule has 1 saturated heterocycles. The lowest BCUT2D eigenvalue weighted by Crippen LogP contribution is -2.36. The lowest BCUT2D eigenvalue weighted by atomic mass is 10.1. The Hall–Kier alpha value is -2.48. The van der Waals surface area contributed by atoms with Crippen molar-refractivity contribution in [3.8, 4) is 0 Å². The van der Waals surface area contributed by atoms with Crippen molar-refractivity contribution in [2.24, 2.45) is 0 Å². The van der Waals surface area contributed by atoms with Gasteiger partial charge in [0.05, 0.1) is 23.3 Å². The first kappa shape index (κ1) is 21.7. The number of carbonyl (C=O) groups excluding carboxylic acids is 1. The summed E-state index contributed by atoms with van der Waals surface area (Å²) in [5, 5.41) is 2.00. The molecule has 7 heteroatoms. The fraction of sp³-hybridized carbons (Fsp3) is 0.292. The Bertz CT molecular complexity index is 1110. The minimum absolute atomic E-state index is 0.0468. The molecule has 5 nitrogen and oxygen atoms in total. The predicted molar refractivity (Wildman–Crippen MR) is 122 cm³/mol. The SMILES string of the molecule is O=C(c1cccc(CS(=O)(=O)c2ccccc2)c1)N(Cc1cccs1)CC1CCCO1. The summed E-state index contributed by atoms with van der Waals surface area (Å²) in [6, 6.07) is 19.3. The van der Waals surface area contributed by atoms with E-state index in [1.165, 1.54) is 0 Å². The van der Waals surface area contributed by atoms with E-state index in [0.29, 0.717) is 24.2 Å². The molecule has 1 aliphatic rings. The van der Waals surface area contributed by atoms with Crippen LogP contribution in [0.4, 0.5) is 0 Å². The Kier molecular flexibility index (Phi) is 6.85. The van der Waals surface area contributed by atoms with E-state index in [-0.39, 0.29) is 22.7 Å². The molecule has 1 amide bonds. The first-order valence-electron chi connectivity index (χ1n) is 10.3. The van der Waals surface area contributed by atoms with Crippen molar-refractivity contribution >= 4 is 27.1 Å². The van der Waals surface area contributed by atoms with Crippen molar-refractivity contribution in [3.63, 3.8) is 0 Å². The number of sulfone groups is 1. The van der Waals surface area contributed by atoms with Crippen LogP contribution in [0.5, 0.6) is 0 Å². The lowest BCUT2D eigenvalue weighted by Gasteiger charge is -2.25. The third-order valence-electron chi connectivity index (χ3n) is 5.29. The van der Waals surface area contributed by atoms with Gasteiger partial charge in [-0.15, -0.1) is 11.3 Å². The summed E-state index contributed by atoms with van der Waals surface area (Å²) in [6.45, 7) is 1.78. The Morgan fingerprint density at radius 3 is 2.61 bits per heavy atom. The smallest absolute Gasteiger partial charge is 0.254 e. The van der Waals surface area contributed by atoms with E-state index in [9.17, 15) is 13.2 Å². The van der Waals surface area contributed by atoms with Gasteiger partial charge in [-0.25, -0.2) is 8.42 Å². The predicted octanol–water partition coefficient (Wildman–Crippen LogP) is 4.54. The van der Waals surface area contributed by atoms with Crippen molar-refractivity contribution in [3.05, 3.63) is 88.1 Å². The van der Waals surface area contributed by atoms with Gasteiger partial charge in [0, 0.05) is 23.6 Å². The molecule has 31 heavy (non-hydrogen) atoms. The summed E-state index contributed by atoms with van der Waals surface area (Å²) in [4.78, 5) is 16.6. The lowest BCUT2D eigenvalue weighted by molar-refractivity contribution is 0.0509. The molecular formula is C24H25NO4S2. The van der Waals surface area contributed by atoms with Crippen LogP contribution in [0.15, 0.2) is 77.0 Å². The number of amides is 1. The largest absolute Gasteiger partial charge is 0.376 e. The summed E-state index contributed by atoms with van der Waals surface area (Å²) < 4.78 is 31.3. The number of hydrogen-bond donors (Lipinski definition) is 0. The van der Waals surface area contributed by atoms with Gasteiger partial charge in [-0.05, 0) is 54.1 Å². The summed E-state index contributed by atoms with van der Waals surface area (Å²) in [7, 11) is -3.48. The molecule has 4 rings (SSSR count). The van der Waals surface area contributed by atoms with E-state index in [4.69, 9.17) is 4.74 Å². The fourth-order valence-electron chi connectivity index (χ4n) is 3.75. The van der Waals surface area contributed by atoms with Gasteiger partial charge < -0.3 is 9.64 Å². The molecule has 1 fully saturated rings. The zero-order valence-corrected chi connectivity index (χ0v) is 18.8. The average Bonchev–Trinajstić information content (AvgIpc) is 3.48. The van der Waals surface area contributed by atoms with E-state index in [1.54, 1.807) is 65.9 Å². The van der Waals surface area contributed by atoms with Crippen LogP contribution in [-0.2, 0) is 26.9 Å². The zero-order valence-electron chi connectivity index (χ0n) is 17.1. The highest BCUT2D eigenvalue weighted by Gasteiger charge is 2.24. The molecule has 162 valence electrons. The van der Waals surface area contributed by atoms with E-state index in [1.807, 2.05) is 22.4 Å². The molecule has 0 aliphatic carbocycles. The van der Waals surface area contributed by atoms with Crippen LogP contribution in [0.1, 0.15) is 33.6 Å². The van der Waals surface area contributed by atoms with Gasteiger partial charge in [0.2, 0.25) is 0 Å². The third-order valence-corrected chi connectivity index (χ3v) is 7.86. The molecule has 1 aliphatic heterocycles. The van der Waals surface area contributed by atoms with Gasteiger partial charge in [0.15, 0.2) is 9.84 Å². The number of benzene rings is 2. The Morgan fingerprint density at radius 1 is 1.06 bits per heavy atom. The average molecular weight is 456 g/mol. The quantitative estimate of drug-likeness (QED) is 0.500. The van der Waals surface area contributed by atoms with Crippen LogP contribution in [0.3, 0.4) is 0 Å². The molecular weight excluding hydrogens is 430 g/mol. The van der Waals surface area contributed by atoms with Gasteiger partial charge in [0.25, 0.3) is 5.91 Å². The number of ether oxygens (including phenoxy) is 1. The molecule has 2 heterocycles. The monoisotopic (exact) mass is 455 g/mol. The first-order chi connectivity index (χ1) is 15.0. The summed E-state index contributed by atoms with van der Waals surface area (Å²) in [6.07, 6.45) is 2.01. The van der Waals surface area contributed by atoms with Gasteiger partial charge in [-0.2, -0.15) is 0 Å². The van der Waals surface area contributed by atoms with Crippen LogP contribution in [0.2, 0.25) is 0 Å². The Balaban J connectivity index is 1.54. The highest BCUT2D eigenvalue weighted by molar-refractivity contribution is 7.90. The van der Waals surface area contributed by atoms with E-state index in [2.05, 4.69) is 0 Å². The molecule has 1 atom stereocenters. The fourth-order valence-corrected chi connectivity index (χ4v) is 5.83. The van der Waals surface area contributed by atoms with Crippen LogP contribution >= 0.6 is 11.3 Å². The highest BCUT2D eigenvalue weighted by atomic mass is 32.2. The summed E-state index contributed by atoms with van der Waals surface area (Å²) in [5.41, 5.74) is 1.10. The van der Waals surface area contributed by atoms with Crippen LogP contribution in [-0.4, -0.2) is 38.5 Å². The van der Waals surface area contributed by atoms with Crippen molar-refractivity contribution < 1.29 is 17.9 Å². The minimum Gasteiger partial charge on any atom is -0.376 e. The van der Waals surface area contributed by atoms with Gasteiger partial charge in [-0.3, -0.25) is 4.79 Å². The van der Waals surface area contributed by atoms with E-state index >= 15 is 0 Å². The number of thiophene rings is 1. The van der Waals surface area contributed by atoms with Crippen LogP contribution < -0.4 is 0 Å². The second-order valence-corrected chi connectivity index (χ2v) is 10.7. The van der Waals surface area contributed by atoms with Gasteiger partial charge in [0.1, 0.15) is 0 Å². The van der Waals surface area contributed by atoms with Crippen molar-refractivity contribution in [2.45, 2.75) is 36.1 Å². The maximum Gasteiger partial charge on any atom is 0.254 e. The van der Waals surface area contributed by atoms with E-state index in [0.717, 1.165) is 24.3 Å². The Labute approximate surface area is 187 Å². The normalized spacial score (nSPS) is 16.3. The van der Waals surface area contributed by atoms with Crippen molar-refractivity contribution in [1.29, 1.82) is 0 Å². The van der Waals surface area contributed by atoms with E-state index < -0.39 is 9.84 Å². The van der Waals surface area contributed by atoms with Crippen LogP contribution in [0, 0.1) is 0 Å². The number of rotatable bonds is 8. The molecule has 0 saturated carbocycles. The molecule has 1 aromatic heterocycles. The Morgan fingerprint density at radius 2 is 1.90 bits per heavy atom. The topological polar surface area (TPSA) is 63.7 Å². The number of hydrogen-bond acceptors (Lipinski definition) is 5. The number of nitrogens with zero attached hydrogens (tertiary/aromatic N) is 1. The summed E-state index contributed by atoms with van der Waals surface area (Å²) >= 11 is 1.62. The van der Waals surface area contributed by atoms with Crippen LogP contribution in [0.25, 0.3) is 0 Å². The first-order valence-corrected chi connectivity index (χ1v) is 12.8. The second kappa shape index (κ2) is 9.77. The van der Waals surface area contributed by atoms with Crippen molar-refractivity contribution in [2.75, 3.05) is 13.2 Å². The van der Waals surface area contributed by atoms with Crippen molar-refractivity contribution in [1.82, 2.24) is 4.90 Å². The number of carbonyl (C=O) groups is 1. The molecule has 2 aromatic carbocycles. The van der Waals surface area contributed by atoms with Gasteiger partial charge in [-0.1, -0.05) is 36.4 Å². The second-order valence-electron chi connectivity index (χ2n) is 7.67. The molecule has 0 bridgehead atoms. The molecule has 0 N–H and O–H groups in total. The summed E-state index contributed by atoms with van der Waals surface area (Å²) in [5.74, 6) is -0.253. The zero-order chi connectivity index (χ0) is 21.7. The molecule has 3 aromatic rings. The molecule has 1 unspecified atom stereocenters. The molecule has 0 spiro atoms.